The summed E-state index contributed by atoms with van der Waals surface area (Å²) in [4.78, 5) is 10.6. The van der Waals surface area contributed by atoms with Gasteiger partial charge in [-0.2, -0.15) is 4.31 Å². The van der Waals surface area contributed by atoms with Crippen molar-refractivity contribution in [1.82, 2.24) is 4.31 Å². The van der Waals surface area contributed by atoms with Crippen LogP contribution in [-0.4, -0.2) is 44.3 Å². The summed E-state index contributed by atoms with van der Waals surface area (Å²) in [5.74, 6) is 0.00734. The van der Waals surface area contributed by atoms with Crippen molar-refractivity contribution < 1.29 is 22.4 Å². The average molecular weight is 287 g/mol. The molecule has 106 valence electrons. The number of sulfonamides is 1. The minimum Gasteiger partial charge on any atom is -0.440 e. The van der Waals surface area contributed by atoms with Crippen LogP contribution in [0.3, 0.4) is 0 Å². The lowest BCUT2D eigenvalue weighted by Crippen LogP contribution is -2.51. The quantitative estimate of drug-likeness (QED) is 0.780. The first kappa shape index (κ1) is 14.2. The minimum absolute atomic E-state index is 0.00734. The Kier molecular flexibility index (Phi) is 4.07. The first-order valence-electron chi connectivity index (χ1n) is 6.17. The second kappa shape index (κ2) is 5.44. The molecule has 1 saturated heterocycles. The Morgan fingerprint density at radius 3 is 2.79 bits per heavy atom. The van der Waals surface area contributed by atoms with E-state index in [4.69, 9.17) is 9.15 Å². The van der Waals surface area contributed by atoms with Crippen LogP contribution in [-0.2, 0) is 14.8 Å². The van der Waals surface area contributed by atoms with E-state index in [-0.39, 0.29) is 29.5 Å². The fourth-order valence-electron chi connectivity index (χ4n) is 2.08. The molecule has 0 amide bonds. The molecular formula is C12H17NO5S. The van der Waals surface area contributed by atoms with Gasteiger partial charge in [-0.1, -0.05) is 6.92 Å². The van der Waals surface area contributed by atoms with Crippen LogP contribution in [0.4, 0.5) is 0 Å². The Bertz CT molecular complexity index is 550. The van der Waals surface area contributed by atoms with Gasteiger partial charge in [0.05, 0.1) is 12.7 Å². The molecule has 19 heavy (non-hydrogen) atoms. The van der Waals surface area contributed by atoms with Gasteiger partial charge < -0.3 is 9.15 Å². The van der Waals surface area contributed by atoms with E-state index >= 15 is 0 Å². The molecule has 1 aromatic heterocycles. The Morgan fingerprint density at radius 2 is 2.21 bits per heavy atom. The molecule has 6 nitrogen and oxygen atoms in total. The van der Waals surface area contributed by atoms with E-state index in [9.17, 15) is 13.2 Å². The number of carbonyl (C=O) groups is 1. The lowest BCUT2D eigenvalue weighted by atomic mass is 10.2. The number of hydrogen-bond acceptors (Lipinski definition) is 5. The number of carbonyl (C=O) groups excluding carboxylic acids is 1. The lowest BCUT2D eigenvalue weighted by molar-refractivity contribution is -0.0234. The minimum atomic E-state index is -3.72. The van der Waals surface area contributed by atoms with Crippen molar-refractivity contribution in [2.75, 3.05) is 13.2 Å². The highest BCUT2D eigenvalue weighted by atomic mass is 32.2. The van der Waals surface area contributed by atoms with Crippen LogP contribution in [0.15, 0.2) is 21.6 Å². The van der Waals surface area contributed by atoms with Gasteiger partial charge in [0.15, 0.2) is 12.0 Å². The second-order valence-electron chi connectivity index (χ2n) is 4.56. The predicted octanol–water partition coefficient (Wildman–Crippen LogP) is 1.28. The maximum absolute atomic E-state index is 12.5. The molecule has 0 spiro atoms. The summed E-state index contributed by atoms with van der Waals surface area (Å²) in [6, 6.07) is 2.46. The van der Waals surface area contributed by atoms with Crippen LogP contribution < -0.4 is 0 Å². The summed E-state index contributed by atoms with van der Waals surface area (Å²) in [5, 5.41) is -0.192. The molecule has 2 heterocycles. The van der Waals surface area contributed by atoms with Gasteiger partial charge in [0.25, 0.3) is 10.0 Å². The Morgan fingerprint density at radius 1 is 1.47 bits per heavy atom. The molecule has 0 radical (unpaired) electrons. The van der Waals surface area contributed by atoms with Gasteiger partial charge in [0.2, 0.25) is 5.09 Å². The fraction of sp³-hybridized carbons (Fsp3) is 0.583. The molecule has 0 N–H and O–H groups in total. The highest BCUT2D eigenvalue weighted by Crippen LogP contribution is 2.25. The largest absolute Gasteiger partial charge is 0.440 e. The first-order chi connectivity index (χ1) is 8.98. The van der Waals surface area contributed by atoms with Crippen LogP contribution in [0.2, 0.25) is 0 Å². The van der Waals surface area contributed by atoms with Gasteiger partial charge in [-0.3, -0.25) is 4.79 Å². The summed E-state index contributed by atoms with van der Waals surface area (Å²) < 4.78 is 36.9. The molecule has 1 aliphatic rings. The molecule has 2 atom stereocenters. The Labute approximate surface area is 112 Å². The van der Waals surface area contributed by atoms with Crippen molar-refractivity contribution in [3.8, 4) is 0 Å². The Hall–Kier alpha value is -1.18. The molecule has 2 rings (SSSR count). The summed E-state index contributed by atoms with van der Waals surface area (Å²) in [5.41, 5.74) is 0. The van der Waals surface area contributed by atoms with Crippen LogP contribution >= 0.6 is 0 Å². The van der Waals surface area contributed by atoms with E-state index in [1.165, 1.54) is 16.4 Å². The molecule has 0 aliphatic carbocycles. The molecular weight excluding hydrogens is 270 g/mol. The zero-order valence-electron chi connectivity index (χ0n) is 10.9. The van der Waals surface area contributed by atoms with E-state index < -0.39 is 10.0 Å². The van der Waals surface area contributed by atoms with Crippen LogP contribution in [0.25, 0.3) is 0 Å². The lowest BCUT2D eigenvalue weighted by Gasteiger charge is -2.36. The molecule has 1 aromatic rings. The van der Waals surface area contributed by atoms with E-state index in [0.717, 1.165) is 0 Å². The SMILES string of the molecule is CCC1COC(C)CN1S(=O)(=O)c1ccc(C=O)o1. The normalized spacial score (nSPS) is 25.4. The number of nitrogens with zero attached hydrogens (tertiary/aromatic N) is 1. The zero-order chi connectivity index (χ0) is 14.0. The number of morpholine rings is 1. The number of aldehydes is 1. The summed E-state index contributed by atoms with van der Waals surface area (Å²) in [6.07, 6.45) is 0.990. The average Bonchev–Trinajstić information content (AvgIpc) is 2.88. The first-order valence-corrected chi connectivity index (χ1v) is 7.61. The molecule has 2 unspecified atom stereocenters. The molecule has 1 fully saturated rings. The fourth-order valence-corrected chi connectivity index (χ4v) is 3.76. The van der Waals surface area contributed by atoms with Gasteiger partial charge in [0.1, 0.15) is 0 Å². The van der Waals surface area contributed by atoms with Crippen LogP contribution in [0.5, 0.6) is 0 Å². The number of ether oxygens (including phenoxy) is 1. The number of rotatable bonds is 4. The summed E-state index contributed by atoms with van der Waals surface area (Å²) in [6.45, 7) is 4.40. The second-order valence-corrected chi connectivity index (χ2v) is 6.38. The van der Waals surface area contributed by atoms with Crippen molar-refractivity contribution >= 4 is 16.3 Å². The van der Waals surface area contributed by atoms with Crippen molar-refractivity contribution in [3.05, 3.63) is 17.9 Å². The third kappa shape index (κ3) is 2.72. The van der Waals surface area contributed by atoms with Crippen molar-refractivity contribution in [1.29, 1.82) is 0 Å². The third-order valence-electron chi connectivity index (χ3n) is 3.17. The van der Waals surface area contributed by atoms with E-state index in [2.05, 4.69) is 0 Å². The van der Waals surface area contributed by atoms with Crippen LogP contribution in [0.1, 0.15) is 30.8 Å². The van der Waals surface area contributed by atoms with Gasteiger partial charge in [0, 0.05) is 12.6 Å². The molecule has 0 bridgehead atoms. The third-order valence-corrected chi connectivity index (χ3v) is 4.96. The number of hydrogen-bond donors (Lipinski definition) is 0. The van der Waals surface area contributed by atoms with Gasteiger partial charge in [-0.25, -0.2) is 8.42 Å². The zero-order valence-corrected chi connectivity index (χ0v) is 11.7. The monoisotopic (exact) mass is 287 g/mol. The maximum atomic E-state index is 12.5. The van der Waals surface area contributed by atoms with Gasteiger partial charge in [-0.05, 0) is 25.5 Å². The van der Waals surface area contributed by atoms with E-state index in [1.54, 1.807) is 0 Å². The van der Waals surface area contributed by atoms with Gasteiger partial charge in [-0.15, -0.1) is 0 Å². The summed E-state index contributed by atoms with van der Waals surface area (Å²) in [7, 11) is -3.72. The highest BCUT2D eigenvalue weighted by molar-refractivity contribution is 7.89. The van der Waals surface area contributed by atoms with Crippen molar-refractivity contribution in [2.45, 2.75) is 37.5 Å². The van der Waals surface area contributed by atoms with Crippen molar-refractivity contribution in [3.63, 3.8) is 0 Å². The van der Waals surface area contributed by atoms with Crippen molar-refractivity contribution in [2.24, 2.45) is 0 Å². The van der Waals surface area contributed by atoms with Crippen LogP contribution in [0, 0.1) is 0 Å². The maximum Gasteiger partial charge on any atom is 0.276 e. The molecule has 0 aromatic carbocycles. The standard InChI is InChI=1S/C12H17NO5S/c1-3-10-8-17-9(2)6-13(10)19(15,16)12-5-4-11(7-14)18-12/h4-5,7,9-10H,3,6,8H2,1-2H3. The molecule has 0 saturated carbocycles. The predicted molar refractivity (Wildman–Crippen MR) is 67.5 cm³/mol. The van der Waals surface area contributed by atoms with E-state index in [0.29, 0.717) is 19.3 Å². The van der Waals surface area contributed by atoms with E-state index in [1.807, 2.05) is 13.8 Å². The molecule has 1 aliphatic heterocycles. The molecule has 7 heteroatoms. The Balaban J connectivity index is 2.33. The topological polar surface area (TPSA) is 76.8 Å². The van der Waals surface area contributed by atoms with Gasteiger partial charge >= 0.3 is 0 Å². The smallest absolute Gasteiger partial charge is 0.276 e. The number of furan rings is 1. The summed E-state index contributed by atoms with van der Waals surface area (Å²) >= 11 is 0. The highest BCUT2D eigenvalue weighted by Gasteiger charge is 2.37.